The molecule has 0 spiro atoms. The molecular weight excluding hydrogens is 276 g/mol. The van der Waals surface area contributed by atoms with Crippen molar-refractivity contribution in [2.45, 2.75) is 79.1 Å². The molecule has 1 rings (SSSR count). The Kier molecular flexibility index (Phi) is 7.98. The van der Waals surface area contributed by atoms with Gasteiger partial charge in [-0.3, -0.25) is 4.79 Å². The quantitative estimate of drug-likeness (QED) is 0.635. The maximum absolute atomic E-state index is 12.5. The van der Waals surface area contributed by atoms with Crippen LogP contribution < -0.4 is 0 Å². The van der Waals surface area contributed by atoms with E-state index < -0.39 is 0 Å². The number of rotatable bonds is 9. The highest BCUT2D eigenvalue weighted by molar-refractivity contribution is 5.81. The van der Waals surface area contributed by atoms with Gasteiger partial charge in [-0.05, 0) is 63.7 Å². The van der Waals surface area contributed by atoms with E-state index in [1.54, 1.807) is 13.8 Å². The Morgan fingerprint density at radius 1 is 0.864 bits per heavy atom. The number of hydrogen-bond acceptors (Lipinski definition) is 3. The third-order valence-electron chi connectivity index (χ3n) is 4.91. The van der Waals surface area contributed by atoms with Crippen LogP contribution in [0.3, 0.4) is 0 Å². The van der Waals surface area contributed by atoms with E-state index in [0.29, 0.717) is 36.9 Å². The lowest BCUT2D eigenvalue weighted by molar-refractivity contribution is -0.125. The molecule has 0 amide bonds. The van der Waals surface area contributed by atoms with E-state index in [1.807, 2.05) is 0 Å². The molecule has 4 atom stereocenters. The SMILES string of the molecule is CC(=O)CC[C@H](CCC(=O)C1C[C@@H](C)C[C@@H](C)C1)CC(C)=O. The van der Waals surface area contributed by atoms with E-state index in [0.717, 1.165) is 25.7 Å². The van der Waals surface area contributed by atoms with Gasteiger partial charge >= 0.3 is 0 Å². The summed E-state index contributed by atoms with van der Waals surface area (Å²) in [6.45, 7) is 7.65. The lowest BCUT2D eigenvalue weighted by Gasteiger charge is -2.30. The van der Waals surface area contributed by atoms with Gasteiger partial charge in [0.25, 0.3) is 0 Å². The van der Waals surface area contributed by atoms with Crippen molar-refractivity contribution in [1.82, 2.24) is 0 Å². The second-order valence-electron chi connectivity index (χ2n) is 7.63. The van der Waals surface area contributed by atoms with E-state index >= 15 is 0 Å². The van der Waals surface area contributed by atoms with Crippen LogP contribution in [0.4, 0.5) is 0 Å². The molecule has 1 aliphatic rings. The van der Waals surface area contributed by atoms with Gasteiger partial charge in [0.2, 0.25) is 0 Å². The molecule has 0 bridgehead atoms. The topological polar surface area (TPSA) is 51.2 Å². The smallest absolute Gasteiger partial charge is 0.136 e. The van der Waals surface area contributed by atoms with E-state index in [4.69, 9.17) is 0 Å². The first kappa shape index (κ1) is 19.1. The van der Waals surface area contributed by atoms with Crippen LogP contribution in [-0.4, -0.2) is 17.3 Å². The van der Waals surface area contributed by atoms with Gasteiger partial charge in [-0.1, -0.05) is 13.8 Å². The summed E-state index contributed by atoms with van der Waals surface area (Å²) in [6, 6.07) is 0. The van der Waals surface area contributed by atoms with Gasteiger partial charge in [-0.15, -0.1) is 0 Å². The molecule has 3 nitrogen and oxygen atoms in total. The maximum Gasteiger partial charge on any atom is 0.136 e. The molecule has 0 aliphatic heterocycles. The first-order valence-electron chi connectivity index (χ1n) is 8.79. The van der Waals surface area contributed by atoms with E-state index in [9.17, 15) is 14.4 Å². The Morgan fingerprint density at radius 3 is 1.91 bits per heavy atom. The van der Waals surface area contributed by atoms with Crippen LogP contribution in [0.1, 0.15) is 79.1 Å². The van der Waals surface area contributed by atoms with E-state index in [2.05, 4.69) is 13.8 Å². The lowest BCUT2D eigenvalue weighted by atomic mass is 9.74. The van der Waals surface area contributed by atoms with Crippen molar-refractivity contribution in [1.29, 1.82) is 0 Å². The van der Waals surface area contributed by atoms with Crippen LogP contribution in [0.15, 0.2) is 0 Å². The van der Waals surface area contributed by atoms with Gasteiger partial charge in [0.1, 0.15) is 17.3 Å². The number of carbonyl (C=O) groups excluding carboxylic acids is 3. The Morgan fingerprint density at radius 2 is 1.41 bits per heavy atom. The largest absolute Gasteiger partial charge is 0.300 e. The minimum Gasteiger partial charge on any atom is -0.300 e. The Labute approximate surface area is 135 Å². The molecule has 22 heavy (non-hydrogen) atoms. The number of carbonyl (C=O) groups is 3. The average molecular weight is 308 g/mol. The maximum atomic E-state index is 12.5. The molecule has 1 unspecified atom stereocenters. The fourth-order valence-corrected chi connectivity index (χ4v) is 3.92. The Bertz CT molecular complexity index is 389. The Balaban J connectivity index is 2.46. The summed E-state index contributed by atoms with van der Waals surface area (Å²) in [5, 5.41) is 0. The molecule has 1 fully saturated rings. The second-order valence-corrected chi connectivity index (χ2v) is 7.63. The molecule has 126 valence electrons. The molecule has 0 aromatic carbocycles. The molecule has 0 aromatic rings. The third kappa shape index (κ3) is 7.33. The minimum absolute atomic E-state index is 0.154. The van der Waals surface area contributed by atoms with Crippen LogP contribution in [0, 0.1) is 23.7 Å². The first-order chi connectivity index (χ1) is 10.3. The summed E-state index contributed by atoms with van der Waals surface area (Å²) < 4.78 is 0. The van der Waals surface area contributed by atoms with Crippen molar-refractivity contribution in [3.8, 4) is 0 Å². The summed E-state index contributed by atoms with van der Waals surface area (Å²) in [6.07, 6.45) is 6.35. The Hall–Kier alpha value is -0.990. The molecule has 1 saturated carbocycles. The van der Waals surface area contributed by atoms with Crippen LogP contribution in [0.25, 0.3) is 0 Å². The van der Waals surface area contributed by atoms with Gasteiger partial charge in [0, 0.05) is 25.2 Å². The monoisotopic (exact) mass is 308 g/mol. The van der Waals surface area contributed by atoms with Gasteiger partial charge in [-0.25, -0.2) is 0 Å². The summed E-state index contributed by atoms with van der Waals surface area (Å²) in [5.74, 6) is 2.37. The molecular formula is C19H32O3. The summed E-state index contributed by atoms with van der Waals surface area (Å²) in [7, 11) is 0. The van der Waals surface area contributed by atoms with Gasteiger partial charge in [0.15, 0.2) is 0 Å². The van der Waals surface area contributed by atoms with E-state index in [-0.39, 0.29) is 23.4 Å². The van der Waals surface area contributed by atoms with Gasteiger partial charge in [0.05, 0.1) is 0 Å². The van der Waals surface area contributed by atoms with Crippen molar-refractivity contribution in [3.63, 3.8) is 0 Å². The first-order valence-corrected chi connectivity index (χ1v) is 8.79. The van der Waals surface area contributed by atoms with Crippen LogP contribution in [0.5, 0.6) is 0 Å². The van der Waals surface area contributed by atoms with Crippen molar-refractivity contribution in [3.05, 3.63) is 0 Å². The van der Waals surface area contributed by atoms with Crippen molar-refractivity contribution in [2.24, 2.45) is 23.7 Å². The fourth-order valence-electron chi connectivity index (χ4n) is 3.92. The molecule has 0 heterocycles. The highest BCUT2D eigenvalue weighted by Crippen LogP contribution is 2.34. The highest BCUT2D eigenvalue weighted by Gasteiger charge is 2.29. The highest BCUT2D eigenvalue weighted by atomic mass is 16.1. The predicted molar refractivity (Wildman–Crippen MR) is 88.6 cm³/mol. The molecule has 0 saturated heterocycles. The molecule has 1 aliphatic carbocycles. The molecule has 0 N–H and O–H groups in total. The minimum atomic E-state index is 0.154. The second kappa shape index (κ2) is 9.22. The normalized spacial score (nSPS) is 26.5. The summed E-state index contributed by atoms with van der Waals surface area (Å²) >= 11 is 0. The summed E-state index contributed by atoms with van der Waals surface area (Å²) in [4.78, 5) is 35.0. The molecule has 3 heteroatoms. The third-order valence-corrected chi connectivity index (χ3v) is 4.91. The zero-order valence-corrected chi connectivity index (χ0v) is 14.7. The fraction of sp³-hybridized carbons (Fsp3) is 0.842. The number of Topliss-reactive ketones (excluding diaryl/α,β-unsaturated/α-hetero) is 3. The van der Waals surface area contributed by atoms with Crippen molar-refractivity contribution >= 4 is 17.3 Å². The van der Waals surface area contributed by atoms with Gasteiger partial charge in [-0.2, -0.15) is 0 Å². The zero-order valence-electron chi connectivity index (χ0n) is 14.7. The summed E-state index contributed by atoms with van der Waals surface area (Å²) in [5.41, 5.74) is 0. The lowest BCUT2D eigenvalue weighted by Crippen LogP contribution is -2.26. The number of hydrogen-bond donors (Lipinski definition) is 0. The van der Waals surface area contributed by atoms with Crippen LogP contribution >= 0.6 is 0 Å². The van der Waals surface area contributed by atoms with Gasteiger partial charge < -0.3 is 9.59 Å². The molecule has 0 aromatic heterocycles. The predicted octanol–water partition coefficient (Wildman–Crippen LogP) is 4.37. The van der Waals surface area contributed by atoms with Crippen LogP contribution in [0.2, 0.25) is 0 Å². The van der Waals surface area contributed by atoms with Crippen molar-refractivity contribution < 1.29 is 14.4 Å². The van der Waals surface area contributed by atoms with Crippen molar-refractivity contribution in [2.75, 3.05) is 0 Å². The van der Waals surface area contributed by atoms with E-state index in [1.165, 1.54) is 6.42 Å². The standard InChI is InChI=1S/C19H32O3/c1-13-9-14(2)11-18(10-13)19(22)8-7-17(12-16(4)21)6-5-15(3)20/h13-14,17-18H,5-12H2,1-4H3/t13-,14+,17-,18?/m1/s1. The average Bonchev–Trinajstić information content (AvgIpc) is 2.39. The molecule has 0 radical (unpaired) electrons. The van der Waals surface area contributed by atoms with Crippen LogP contribution in [-0.2, 0) is 14.4 Å². The zero-order chi connectivity index (χ0) is 16.7. The number of ketones is 3.